The van der Waals surface area contributed by atoms with Gasteiger partial charge in [-0.15, -0.1) is 0 Å². The number of likely N-dealkylation sites (N-methyl/N-ethyl adjacent to an activating group) is 3. The van der Waals surface area contributed by atoms with E-state index in [1.54, 1.807) is 0 Å². The summed E-state index contributed by atoms with van der Waals surface area (Å²) in [5.41, 5.74) is 0. The lowest BCUT2D eigenvalue weighted by molar-refractivity contribution is 0.130. The molecule has 0 aromatic rings. The van der Waals surface area contributed by atoms with E-state index in [1.165, 1.54) is 0 Å². The maximum Gasteiger partial charge on any atom is 0.488 e. The SMILES string of the molecule is CN1CCN2CCN(C)[Si]1(F)N(C)CC2. The lowest BCUT2D eigenvalue weighted by Crippen LogP contribution is -2.74. The van der Waals surface area contributed by atoms with Gasteiger partial charge in [0.05, 0.1) is 0 Å². The molecule has 3 rings (SSSR count). The predicted molar refractivity (Wildman–Crippen MR) is 61.2 cm³/mol. The molecule has 3 aliphatic heterocycles. The minimum Gasteiger partial charge on any atom is -0.300 e. The zero-order chi connectivity index (χ0) is 11.1. The summed E-state index contributed by atoms with van der Waals surface area (Å²) >= 11 is 0. The van der Waals surface area contributed by atoms with Crippen molar-refractivity contribution in [2.24, 2.45) is 0 Å². The molecule has 0 amide bonds. The molecule has 0 atom stereocenters. The lowest BCUT2D eigenvalue weighted by atomic mass is 10.4. The van der Waals surface area contributed by atoms with Gasteiger partial charge in [0.25, 0.3) is 0 Å². The van der Waals surface area contributed by atoms with Gasteiger partial charge < -0.3 is 0 Å². The lowest BCUT2D eigenvalue weighted by Gasteiger charge is -2.49. The number of rotatable bonds is 0. The van der Waals surface area contributed by atoms with E-state index < -0.39 is 8.89 Å². The Balaban J connectivity index is 2.29. The van der Waals surface area contributed by atoms with E-state index >= 15 is 4.11 Å². The van der Waals surface area contributed by atoms with Gasteiger partial charge in [-0.25, -0.2) is 0 Å². The molecule has 0 N–H and O–H groups in total. The molecule has 6 heteroatoms. The average molecular weight is 232 g/mol. The van der Waals surface area contributed by atoms with Crippen molar-refractivity contribution in [2.75, 3.05) is 60.4 Å². The number of fused-ring (bicyclic) bond motifs is 6. The van der Waals surface area contributed by atoms with Crippen LogP contribution in [0.4, 0.5) is 4.11 Å². The molecule has 3 saturated heterocycles. The number of halogens is 1. The van der Waals surface area contributed by atoms with Crippen LogP contribution in [0.15, 0.2) is 0 Å². The fraction of sp³-hybridized carbons (Fsp3) is 1.00. The summed E-state index contributed by atoms with van der Waals surface area (Å²) in [6, 6.07) is 0. The van der Waals surface area contributed by atoms with Gasteiger partial charge >= 0.3 is 8.89 Å². The summed E-state index contributed by atoms with van der Waals surface area (Å²) in [4.78, 5) is 2.43. The third-order valence-corrected chi connectivity index (χ3v) is 7.30. The van der Waals surface area contributed by atoms with E-state index in [0.29, 0.717) is 0 Å². The first-order chi connectivity index (χ1) is 7.05. The summed E-state index contributed by atoms with van der Waals surface area (Å²) in [5, 5.41) is 0. The Morgan fingerprint density at radius 3 is 1.40 bits per heavy atom. The van der Waals surface area contributed by atoms with Crippen molar-refractivity contribution in [1.82, 2.24) is 18.6 Å². The minimum absolute atomic E-state index is 0.845. The first kappa shape index (κ1) is 11.5. The first-order valence-electron chi connectivity index (χ1n) is 5.60. The second-order valence-corrected chi connectivity index (χ2v) is 8.06. The number of hydrogen-bond donors (Lipinski definition) is 0. The predicted octanol–water partition coefficient (Wildman–Crippen LogP) is -0.484. The van der Waals surface area contributed by atoms with Gasteiger partial charge in [0.1, 0.15) is 0 Å². The third-order valence-electron chi connectivity index (χ3n) is 3.71. The smallest absolute Gasteiger partial charge is 0.300 e. The van der Waals surface area contributed by atoms with Crippen molar-refractivity contribution >= 4 is 8.89 Å². The molecule has 0 radical (unpaired) electrons. The Hall–Kier alpha value is -0.0131. The number of hydrogen-bond acceptors (Lipinski definition) is 4. The summed E-state index contributed by atoms with van der Waals surface area (Å²) in [5.74, 6) is 0. The molecule has 3 aliphatic rings. The molecule has 0 aliphatic carbocycles. The Morgan fingerprint density at radius 2 is 1.07 bits per heavy atom. The van der Waals surface area contributed by atoms with E-state index in [0.717, 1.165) is 39.3 Å². The van der Waals surface area contributed by atoms with Crippen molar-refractivity contribution in [3.63, 3.8) is 0 Å². The second-order valence-electron chi connectivity index (χ2n) is 4.66. The average Bonchev–Trinajstić information content (AvgIpc) is 2.22. The monoisotopic (exact) mass is 232 g/mol. The van der Waals surface area contributed by atoms with E-state index in [-0.39, 0.29) is 0 Å². The van der Waals surface area contributed by atoms with Crippen LogP contribution in [0.5, 0.6) is 0 Å². The van der Waals surface area contributed by atoms with Crippen LogP contribution in [-0.4, -0.2) is 87.9 Å². The van der Waals surface area contributed by atoms with Gasteiger partial charge in [-0.05, 0) is 21.1 Å². The molecule has 0 saturated carbocycles. The van der Waals surface area contributed by atoms with Crippen LogP contribution in [0, 0.1) is 0 Å². The van der Waals surface area contributed by atoms with Crippen molar-refractivity contribution in [3.8, 4) is 0 Å². The highest BCUT2D eigenvalue weighted by Gasteiger charge is 2.51. The van der Waals surface area contributed by atoms with Gasteiger partial charge in [-0.1, -0.05) is 0 Å². The van der Waals surface area contributed by atoms with Gasteiger partial charge in [0, 0.05) is 39.3 Å². The normalized spacial score (nSPS) is 41.2. The molecular formula is C9H21FN4Si. The van der Waals surface area contributed by atoms with Crippen LogP contribution in [0.25, 0.3) is 0 Å². The van der Waals surface area contributed by atoms with Crippen LogP contribution >= 0.6 is 0 Å². The topological polar surface area (TPSA) is 13.0 Å². The molecule has 88 valence electrons. The highest BCUT2D eigenvalue weighted by atomic mass is 28.4. The third kappa shape index (κ3) is 1.85. The fourth-order valence-corrected chi connectivity index (χ4v) is 5.41. The summed E-state index contributed by atoms with van der Waals surface area (Å²) < 4.78 is 20.9. The zero-order valence-electron chi connectivity index (χ0n) is 9.91. The first-order valence-corrected chi connectivity index (χ1v) is 7.32. The van der Waals surface area contributed by atoms with Crippen LogP contribution in [0.2, 0.25) is 0 Å². The second kappa shape index (κ2) is 4.10. The minimum atomic E-state index is -3.02. The summed E-state index contributed by atoms with van der Waals surface area (Å²) in [6.07, 6.45) is 0. The number of nitrogens with zero attached hydrogens (tertiary/aromatic N) is 4. The highest BCUT2D eigenvalue weighted by molar-refractivity contribution is 6.64. The van der Waals surface area contributed by atoms with Crippen molar-refractivity contribution in [3.05, 3.63) is 0 Å². The fourth-order valence-electron chi connectivity index (χ4n) is 2.51. The molecule has 0 aromatic heterocycles. The van der Waals surface area contributed by atoms with E-state index in [2.05, 4.69) is 4.90 Å². The van der Waals surface area contributed by atoms with Gasteiger partial charge in [0.15, 0.2) is 0 Å². The molecular weight excluding hydrogens is 211 g/mol. The summed E-state index contributed by atoms with van der Waals surface area (Å²) in [6.45, 7) is 5.57. The van der Waals surface area contributed by atoms with Gasteiger partial charge in [0.2, 0.25) is 0 Å². The van der Waals surface area contributed by atoms with Crippen LogP contribution in [-0.2, 0) is 0 Å². The molecule has 0 spiro atoms. The quantitative estimate of drug-likeness (QED) is 0.413. The van der Waals surface area contributed by atoms with Gasteiger partial charge in [-0.2, -0.15) is 0 Å². The van der Waals surface area contributed by atoms with Crippen LogP contribution in [0.3, 0.4) is 0 Å². The van der Waals surface area contributed by atoms with Crippen molar-refractivity contribution in [1.29, 1.82) is 0 Å². The van der Waals surface area contributed by atoms with Crippen molar-refractivity contribution < 1.29 is 4.11 Å². The van der Waals surface area contributed by atoms with Crippen LogP contribution < -0.4 is 0 Å². The zero-order valence-corrected chi connectivity index (χ0v) is 10.9. The standard InChI is InChI=1S/C9H21FN4Si/c1-11-4-7-14-8-5-12(2)15(11,10)13(3)6-9-14/h4-9H2,1-3H3. The van der Waals surface area contributed by atoms with E-state index in [9.17, 15) is 0 Å². The Bertz CT molecular complexity index is 204. The van der Waals surface area contributed by atoms with Crippen molar-refractivity contribution in [2.45, 2.75) is 0 Å². The van der Waals surface area contributed by atoms with E-state index in [1.807, 2.05) is 34.8 Å². The molecule has 15 heavy (non-hydrogen) atoms. The van der Waals surface area contributed by atoms with Crippen LogP contribution in [0.1, 0.15) is 0 Å². The molecule has 3 heterocycles. The Kier molecular flexibility index (Phi) is 3.14. The molecule has 3 fully saturated rings. The molecule has 0 unspecified atom stereocenters. The van der Waals surface area contributed by atoms with Gasteiger partial charge in [-0.3, -0.25) is 22.7 Å². The van der Waals surface area contributed by atoms with E-state index in [4.69, 9.17) is 0 Å². The highest BCUT2D eigenvalue weighted by Crippen LogP contribution is 2.22. The maximum atomic E-state index is 15.1. The maximum absolute atomic E-state index is 15.1. The molecule has 2 bridgehead atoms. The molecule has 0 aromatic carbocycles. The molecule has 4 nitrogen and oxygen atoms in total. The Labute approximate surface area is 92.6 Å². The largest absolute Gasteiger partial charge is 0.488 e. The Morgan fingerprint density at radius 1 is 0.733 bits per heavy atom. The summed E-state index contributed by atoms with van der Waals surface area (Å²) in [7, 11) is 2.76.